The third-order valence-corrected chi connectivity index (χ3v) is 4.28. The molecule has 0 aromatic rings. The molecule has 2 fully saturated rings. The van der Waals surface area contributed by atoms with Crippen LogP contribution in [0.25, 0.3) is 0 Å². The Hall–Kier alpha value is -0.150. The molecule has 1 N–H and O–H groups in total. The van der Waals surface area contributed by atoms with Gasteiger partial charge in [-0.3, -0.25) is 9.29 Å². The summed E-state index contributed by atoms with van der Waals surface area (Å²) in [6, 6.07) is 0.672. The van der Waals surface area contributed by atoms with E-state index in [0.717, 1.165) is 32.0 Å². The summed E-state index contributed by atoms with van der Waals surface area (Å²) < 4.78 is 12.3. The molecule has 3 heteroatoms. The second-order valence-corrected chi connectivity index (χ2v) is 5.71. The molecule has 0 radical (unpaired) electrons. The quantitative estimate of drug-likeness (QED) is 0.776. The molecule has 2 unspecified atom stereocenters. The Kier molecular flexibility index (Phi) is 3.85. The van der Waals surface area contributed by atoms with E-state index >= 15 is 0 Å². The number of nitrogens with zero attached hydrogens (tertiary/aromatic N) is 1. The molecule has 2 rings (SSSR count). The summed E-state index contributed by atoms with van der Waals surface area (Å²) in [5.41, 5.74) is 0.238. The summed E-state index contributed by atoms with van der Waals surface area (Å²) in [5, 5.41) is 3.69. The van der Waals surface area contributed by atoms with E-state index in [1.54, 1.807) is 0 Å². The third kappa shape index (κ3) is 2.75. The topological polar surface area (TPSA) is 15.3 Å². The standard InChI is InChI=1S/C13H25FN2/c1-3-13(2)10-16(8-4-7-14)12(9-15-13)11-5-6-11/h11-12,15H,3-10H2,1-2H3. The van der Waals surface area contributed by atoms with Crippen LogP contribution in [-0.4, -0.2) is 42.8 Å². The minimum atomic E-state index is -0.176. The highest BCUT2D eigenvalue weighted by molar-refractivity contribution is 4.99. The molecule has 0 spiro atoms. The van der Waals surface area contributed by atoms with Crippen molar-refractivity contribution in [3.63, 3.8) is 0 Å². The maximum atomic E-state index is 12.3. The lowest BCUT2D eigenvalue weighted by atomic mass is 9.92. The van der Waals surface area contributed by atoms with Crippen molar-refractivity contribution in [2.75, 3.05) is 26.3 Å². The van der Waals surface area contributed by atoms with E-state index in [1.165, 1.54) is 12.8 Å². The van der Waals surface area contributed by atoms with Gasteiger partial charge in [-0.05, 0) is 38.5 Å². The van der Waals surface area contributed by atoms with Gasteiger partial charge < -0.3 is 5.32 Å². The zero-order valence-electron chi connectivity index (χ0n) is 10.6. The average molecular weight is 228 g/mol. The summed E-state index contributed by atoms with van der Waals surface area (Å²) >= 11 is 0. The molecule has 2 aliphatic rings. The Labute approximate surface area is 98.6 Å². The Morgan fingerprint density at radius 2 is 2.19 bits per heavy atom. The average Bonchev–Trinajstić information content (AvgIpc) is 3.10. The van der Waals surface area contributed by atoms with Gasteiger partial charge in [0.2, 0.25) is 0 Å². The van der Waals surface area contributed by atoms with Gasteiger partial charge in [-0.2, -0.15) is 0 Å². The van der Waals surface area contributed by atoms with Gasteiger partial charge in [0, 0.05) is 31.2 Å². The monoisotopic (exact) mass is 228 g/mol. The van der Waals surface area contributed by atoms with Gasteiger partial charge in [0.05, 0.1) is 6.67 Å². The van der Waals surface area contributed by atoms with Crippen LogP contribution < -0.4 is 5.32 Å². The molecule has 1 heterocycles. The number of nitrogens with one attached hydrogen (secondary N) is 1. The molecule has 16 heavy (non-hydrogen) atoms. The summed E-state index contributed by atoms with van der Waals surface area (Å²) in [5.74, 6) is 0.883. The van der Waals surface area contributed by atoms with Crippen molar-refractivity contribution in [2.24, 2.45) is 5.92 Å². The van der Waals surface area contributed by atoms with Crippen LogP contribution in [0, 0.1) is 5.92 Å². The first-order valence-electron chi connectivity index (χ1n) is 6.73. The van der Waals surface area contributed by atoms with Gasteiger partial charge in [-0.1, -0.05) is 6.92 Å². The molecule has 0 bridgehead atoms. The minimum Gasteiger partial charge on any atom is -0.309 e. The fourth-order valence-electron chi connectivity index (χ4n) is 2.79. The first-order chi connectivity index (χ1) is 7.68. The zero-order valence-corrected chi connectivity index (χ0v) is 10.6. The first kappa shape index (κ1) is 12.3. The van der Waals surface area contributed by atoms with Crippen molar-refractivity contribution in [3.8, 4) is 0 Å². The third-order valence-electron chi connectivity index (χ3n) is 4.28. The molecule has 1 saturated heterocycles. The molecule has 1 saturated carbocycles. The number of hydrogen-bond donors (Lipinski definition) is 1. The maximum absolute atomic E-state index is 12.3. The predicted molar refractivity (Wildman–Crippen MR) is 65.4 cm³/mol. The summed E-state index contributed by atoms with van der Waals surface area (Å²) in [7, 11) is 0. The van der Waals surface area contributed by atoms with Crippen molar-refractivity contribution in [1.29, 1.82) is 0 Å². The SMILES string of the molecule is CCC1(C)CN(CCCF)C(C2CC2)CN1. The van der Waals surface area contributed by atoms with Crippen LogP contribution in [0.15, 0.2) is 0 Å². The summed E-state index contributed by atoms with van der Waals surface area (Å²) in [6.07, 6.45) is 4.60. The molecule has 0 amide bonds. The molecular formula is C13H25FN2. The van der Waals surface area contributed by atoms with E-state index in [0.29, 0.717) is 12.5 Å². The summed E-state index contributed by atoms with van der Waals surface area (Å²) in [6.45, 7) is 7.47. The molecule has 1 aliphatic heterocycles. The second kappa shape index (κ2) is 5.01. The second-order valence-electron chi connectivity index (χ2n) is 5.71. The lowest BCUT2D eigenvalue weighted by molar-refractivity contribution is 0.0701. The highest BCUT2D eigenvalue weighted by Gasteiger charge is 2.41. The van der Waals surface area contributed by atoms with Gasteiger partial charge in [0.1, 0.15) is 0 Å². The van der Waals surface area contributed by atoms with E-state index in [1.807, 2.05) is 0 Å². The maximum Gasteiger partial charge on any atom is 0.0906 e. The van der Waals surface area contributed by atoms with Crippen molar-refractivity contribution < 1.29 is 4.39 Å². The number of piperazine rings is 1. The van der Waals surface area contributed by atoms with Gasteiger partial charge in [0.15, 0.2) is 0 Å². The van der Waals surface area contributed by atoms with Gasteiger partial charge in [-0.15, -0.1) is 0 Å². The van der Waals surface area contributed by atoms with Crippen LogP contribution in [-0.2, 0) is 0 Å². The Morgan fingerprint density at radius 1 is 1.44 bits per heavy atom. The van der Waals surface area contributed by atoms with E-state index in [9.17, 15) is 4.39 Å². The smallest absolute Gasteiger partial charge is 0.0906 e. The number of alkyl halides is 1. The fraction of sp³-hybridized carbons (Fsp3) is 1.00. The lowest BCUT2D eigenvalue weighted by Gasteiger charge is -2.46. The van der Waals surface area contributed by atoms with Gasteiger partial charge >= 0.3 is 0 Å². The summed E-state index contributed by atoms with van der Waals surface area (Å²) in [4.78, 5) is 2.54. The van der Waals surface area contributed by atoms with Crippen LogP contribution in [0.4, 0.5) is 4.39 Å². The fourth-order valence-corrected chi connectivity index (χ4v) is 2.79. The van der Waals surface area contributed by atoms with Gasteiger partial charge in [-0.25, -0.2) is 0 Å². The van der Waals surface area contributed by atoms with Crippen LogP contribution >= 0.6 is 0 Å². The lowest BCUT2D eigenvalue weighted by Crippen LogP contribution is -2.63. The van der Waals surface area contributed by atoms with Crippen molar-refractivity contribution in [2.45, 2.75) is 51.1 Å². The van der Waals surface area contributed by atoms with E-state index in [4.69, 9.17) is 0 Å². The molecule has 0 aromatic carbocycles. The molecule has 0 aromatic heterocycles. The van der Waals surface area contributed by atoms with E-state index in [2.05, 4.69) is 24.1 Å². The molecule has 94 valence electrons. The Balaban J connectivity index is 1.94. The predicted octanol–water partition coefficient (Wildman–Crippen LogP) is 2.20. The normalized spacial score (nSPS) is 36.6. The van der Waals surface area contributed by atoms with Crippen molar-refractivity contribution >= 4 is 0 Å². The van der Waals surface area contributed by atoms with Crippen molar-refractivity contribution in [1.82, 2.24) is 10.2 Å². The van der Waals surface area contributed by atoms with Crippen LogP contribution in [0.5, 0.6) is 0 Å². The number of rotatable bonds is 5. The van der Waals surface area contributed by atoms with Gasteiger partial charge in [0.25, 0.3) is 0 Å². The van der Waals surface area contributed by atoms with Crippen LogP contribution in [0.1, 0.15) is 39.5 Å². The van der Waals surface area contributed by atoms with E-state index in [-0.39, 0.29) is 12.2 Å². The largest absolute Gasteiger partial charge is 0.309 e. The molecular weight excluding hydrogens is 203 g/mol. The first-order valence-corrected chi connectivity index (χ1v) is 6.73. The van der Waals surface area contributed by atoms with E-state index < -0.39 is 0 Å². The molecule has 2 nitrogen and oxygen atoms in total. The van der Waals surface area contributed by atoms with Crippen LogP contribution in [0.3, 0.4) is 0 Å². The highest BCUT2D eigenvalue weighted by atomic mass is 19.1. The Bertz CT molecular complexity index is 230. The zero-order chi connectivity index (χ0) is 11.6. The Morgan fingerprint density at radius 3 is 2.75 bits per heavy atom. The molecule has 1 aliphatic carbocycles. The number of halogens is 1. The van der Waals surface area contributed by atoms with Crippen molar-refractivity contribution in [3.05, 3.63) is 0 Å². The molecule has 2 atom stereocenters. The number of hydrogen-bond acceptors (Lipinski definition) is 2. The highest BCUT2D eigenvalue weighted by Crippen LogP contribution is 2.37. The minimum absolute atomic E-state index is 0.176. The van der Waals surface area contributed by atoms with Crippen LogP contribution in [0.2, 0.25) is 0 Å².